The van der Waals surface area contributed by atoms with E-state index in [4.69, 9.17) is 19.3 Å². The fraction of sp³-hybridized carbons (Fsp3) is 0.458. The summed E-state index contributed by atoms with van der Waals surface area (Å²) in [6, 6.07) is 15.5. The zero-order valence-electron chi connectivity index (χ0n) is 18.5. The fourth-order valence-electron chi connectivity index (χ4n) is 3.90. The Balaban J connectivity index is 1.81. The molecule has 1 aliphatic rings. The molecule has 2 heterocycles. The maximum atomic E-state index is 6.20. The minimum atomic E-state index is -1.17. The van der Waals surface area contributed by atoms with E-state index in [-0.39, 0.29) is 6.23 Å². The second kappa shape index (κ2) is 8.82. The van der Waals surface area contributed by atoms with Crippen molar-refractivity contribution >= 4 is 19.0 Å². The largest absolute Gasteiger partial charge is 0.492 e. The van der Waals surface area contributed by atoms with Gasteiger partial charge in [-0.25, -0.2) is 4.68 Å². The van der Waals surface area contributed by atoms with Crippen molar-refractivity contribution in [3.8, 4) is 22.8 Å². The monoisotopic (exact) mass is 424 g/mol. The predicted molar refractivity (Wildman–Crippen MR) is 124 cm³/mol. The lowest BCUT2D eigenvalue weighted by Crippen LogP contribution is -2.22. The first kappa shape index (κ1) is 20.9. The van der Waals surface area contributed by atoms with Crippen LogP contribution in [-0.2, 0) is 4.74 Å². The first-order chi connectivity index (χ1) is 14.5. The molecule has 1 aliphatic heterocycles. The molecular formula is C24H32N2O3Si. The molecule has 1 saturated heterocycles. The number of aromatic nitrogens is 2. The molecule has 1 fully saturated rings. The van der Waals surface area contributed by atoms with Crippen LogP contribution in [-0.4, -0.2) is 38.2 Å². The van der Waals surface area contributed by atoms with Crippen LogP contribution in [0.2, 0.25) is 25.7 Å². The van der Waals surface area contributed by atoms with Gasteiger partial charge in [-0.1, -0.05) is 50.0 Å². The summed E-state index contributed by atoms with van der Waals surface area (Å²) < 4.78 is 20.2. The van der Waals surface area contributed by atoms with E-state index in [9.17, 15) is 0 Å². The van der Waals surface area contributed by atoms with Gasteiger partial charge in [0.1, 0.15) is 5.69 Å². The molecule has 160 valence electrons. The van der Waals surface area contributed by atoms with Crippen LogP contribution >= 0.6 is 0 Å². The molecule has 0 N–H and O–H groups in total. The van der Waals surface area contributed by atoms with Crippen LogP contribution in [0, 0.1) is 0 Å². The Kier molecular flexibility index (Phi) is 6.15. The van der Waals surface area contributed by atoms with Gasteiger partial charge in [0, 0.05) is 20.2 Å². The number of hydrogen-bond donors (Lipinski definition) is 0. The van der Waals surface area contributed by atoms with Crippen LogP contribution < -0.4 is 9.47 Å². The smallest absolute Gasteiger partial charge is 0.172 e. The first-order valence-electron chi connectivity index (χ1n) is 10.9. The fourth-order valence-corrected chi connectivity index (χ4v) is 4.62. The molecule has 0 amide bonds. The molecule has 5 nitrogen and oxygen atoms in total. The minimum absolute atomic E-state index is 0.0397. The Labute approximate surface area is 180 Å². The maximum Gasteiger partial charge on any atom is 0.172 e. The lowest BCUT2D eigenvalue weighted by atomic mass is 10.1. The average molecular weight is 425 g/mol. The van der Waals surface area contributed by atoms with Crippen LogP contribution in [0.4, 0.5) is 0 Å². The lowest BCUT2D eigenvalue weighted by molar-refractivity contribution is -0.0365. The van der Waals surface area contributed by atoms with Crippen LogP contribution in [0.3, 0.4) is 0 Å². The third kappa shape index (κ3) is 4.39. The Morgan fingerprint density at radius 1 is 1.10 bits per heavy atom. The molecule has 2 aromatic carbocycles. The van der Waals surface area contributed by atoms with Crippen molar-refractivity contribution < 1.29 is 14.2 Å². The summed E-state index contributed by atoms with van der Waals surface area (Å²) in [5, 5.41) is 6.00. The normalized spacial score (nSPS) is 17.3. The van der Waals surface area contributed by atoms with Crippen LogP contribution in [0.5, 0.6) is 11.5 Å². The van der Waals surface area contributed by atoms with Crippen LogP contribution in [0.25, 0.3) is 22.2 Å². The molecule has 0 bridgehead atoms. The Hall–Kier alpha value is -2.31. The average Bonchev–Trinajstić information content (AvgIpc) is 3.14. The van der Waals surface area contributed by atoms with Gasteiger partial charge in [0.15, 0.2) is 17.7 Å². The number of fused-ring (bicyclic) bond motifs is 1. The lowest BCUT2D eigenvalue weighted by Gasteiger charge is -2.23. The van der Waals surface area contributed by atoms with Crippen molar-refractivity contribution in [3.05, 3.63) is 42.5 Å². The first-order valence-corrected chi connectivity index (χ1v) is 14.6. The summed E-state index contributed by atoms with van der Waals surface area (Å²) >= 11 is 0. The van der Waals surface area contributed by atoms with Gasteiger partial charge in [0.05, 0.1) is 24.6 Å². The highest BCUT2D eigenvalue weighted by atomic mass is 28.3. The predicted octanol–water partition coefficient (Wildman–Crippen LogP) is 6.13. The van der Waals surface area contributed by atoms with E-state index >= 15 is 0 Å². The van der Waals surface area contributed by atoms with Crippen molar-refractivity contribution in [2.75, 3.05) is 20.3 Å². The standard InChI is InChI=1S/C24H32N2O3Si/c1-27-24-20(28-16-17-30(2,3)4)14-13-19-22(24)23(18-10-6-5-7-11-18)25-26(19)21-12-8-9-15-29-21/h5-7,10-11,13-14,21H,8-9,12,15-17H2,1-4H3. The number of benzene rings is 2. The topological polar surface area (TPSA) is 45.5 Å². The van der Waals surface area contributed by atoms with Crippen molar-refractivity contribution in [1.29, 1.82) is 0 Å². The molecule has 1 atom stereocenters. The van der Waals surface area contributed by atoms with E-state index < -0.39 is 8.07 Å². The maximum absolute atomic E-state index is 6.20. The van der Waals surface area contributed by atoms with Gasteiger partial charge in [-0.15, -0.1) is 0 Å². The zero-order chi connectivity index (χ0) is 21.1. The number of rotatable bonds is 7. The molecule has 4 rings (SSSR count). The van der Waals surface area contributed by atoms with Gasteiger partial charge in [0.2, 0.25) is 0 Å². The zero-order valence-corrected chi connectivity index (χ0v) is 19.5. The van der Waals surface area contributed by atoms with Gasteiger partial charge < -0.3 is 14.2 Å². The summed E-state index contributed by atoms with van der Waals surface area (Å²) in [6.07, 6.45) is 3.20. The van der Waals surface area contributed by atoms with E-state index in [1.165, 1.54) is 0 Å². The second-order valence-corrected chi connectivity index (χ2v) is 14.8. The number of nitrogens with zero attached hydrogens (tertiary/aromatic N) is 2. The van der Waals surface area contributed by atoms with E-state index in [2.05, 4.69) is 37.8 Å². The molecule has 0 saturated carbocycles. The summed E-state index contributed by atoms with van der Waals surface area (Å²) in [7, 11) is 0.538. The summed E-state index contributed by atoms with van der Waals surface area (Å²) in [4.78, 5) is 0. The van der Waals surface area contributed by atoms with Gasteiger partial charge in [-0.3, -0.25) is 0 Å². The summed E-state index contributed by atoms with van der Waals surface area (Å²) in [5.74, 6) is 1.54. The molecular weight excluding hydrogens is 392 g/mol. The van der Waals surface area contributed by atoms with Gasteiger partial charge in [-0.2, -0.15) is 5.10 Å². The van der Waals surface area contributed by atoms with Gasteiger partial charge in [-0.05, 0) is 37.4 Å². The van der Waals surface area contributed by atoms with E-state index in [0.717, 1.165) is 65.6 Å². The van der Waals surface area contributed by atoms with E-state index in [0.29, 0.717) is 6.61 Å². The SMILES string of the molecule is COc1c(OCC[Si](C)(C)C)ccc2c1c(-c1ccccc1)nn2C1CCCCO1. The Bertz CT molecular complexity index is 989. The van der Waals surface area contributed by atoms with Crippen molar-refractivity contribution in [1.82, 2.24) is 9.78 Å². The molecule has 6 heteroatoms. The molecule has 3 aromatic rings. The molecule has 30 heavy (non-hydrogen) atoms. The van der Waals surface area contributed by atoms with E-state index in [1.54, 1.807) is 7.11 Å². The summed E-state index contributed by atoms with van der Waals surface area (Å²) in [6.45, 7) is 8.56. The van der Waals surface area contributed by atoms with Crippen LogP contribution in [0.1, 0.15) is 25.5 Å². The highest BCUT2D eigenvalue weighted by Gasteiger charge is 2.25. The number of ether oxygens (including phenoxy) is 3. The van der Waals surface area contributed by atoms with E-state index in [1.807, 2.05) is 28.9 Å². The quantitative estimate of drug-likeness (QED) is 0.428. The van der Waals surface area contributed by atoms with Crippen molar-refractivity contribution in [2.24, 2.45) is 0 Å². The molecule has 0 aliphatic carbocycles. The molecule has 0 spiro atoms. The molecule has 1 unspecified atom stereocenters. The highest BCUT2D eigenvalue weighted by molar-refractivity contribution is 6.76. The van der Waals surface area contributed by atoms with Crippen LogP contribution in [0.15, 0.2) is 42.5 Å². The second-order valence-electron chi connectivity index (χ2n) is 9.13. The van der Waals surface area contributed by atoms with Gasteiger partial charge >= 0.3 is 0 Å². The number of methoxy groups -OCH3 is 1. The van der Waals surface area contributed by atoms with Crippen molar-refractivity contribution in [3.63, 3.8) is 0 Å². The third-order valence-corrected chi connectivity index (χ3v) is 7.28. The summed E-state index contributed by atoms with van der Waals surface area (Å²) in [5.41, 5.74) is 3.00. The number of hydrogen-bond acceptors (Lipinski definition) is 4. The minimum Gasteiger partial charge on any atom is -0.492 e. The molecule has 1 aromatic heterocycles. The Morgan fingerprint density at radius 2 is 1.90 bits per heavy atom. The molecule has 0 radical (unpaired) electrons. The highest BCUT2D eigenvalue weighted by Crippen LogP contribution is 2.42. The Morgan fingerprint density at radius 3 is 2.57 bits per heavy atom. The third-order valence-electron chi connectivity index (χ3n) is 5.58. The van der Waals surface area contributed by atoms with Crippen molar-refractivity contribution in [2.45, 2.75) is 51.2 Å². The van der Waals surface area contributed by atoms with Gasteiger partial charge in [0.25, 0.3) is 0 Å².